The van der Waals surface area contributed by atoms with E-state index in [1.54, 1.807) is 0 Å². The zero-order chi connectivity index (χ0) is 27.1. The number of rotatable bonds is 16. The highest BCUT2D eigenvalue weighted by Crippen LogP contribution is 2.29. The van der Waals surface area contributed by atoms with Crippen molar-refractivity contribution in [1.29, 1.82) is 0 Å². The van der Waals surface area contributed by atoms with Gasteiger partial charge in [0.1, 0.15) is 5.75 Å². The first-order chi connectivity index (χ1) is 19.2. The van der Waals surface area contributed by atoms with Gasteiger partial charge in [0.2, 0.25) is 0 Å². The van der Waals surface area contributed by atoms with Crippen LogP contribution in [0.15, 0.2) is 60.9 Å². The van der Waals surface area contributed by atoms with Crippen molar-refractivity contribution in [2.24, 2.45) is 5.92 Å². The monoisotopic (exact) mass is 526 g/mol. The van der Waals surface area contributed by atoms with Gasteiger partial charge in [-0.15, -0.1) is 0 Å². The third-order valence-corrected chi connectivity index (χ3v) is 8.05. The van der Waals surface area contributed by atoms with Crippen molar-refractivity contribution in [3.63, 3.8) is 0 Å². The van der Waals surface area contributed by atoms with Gasteiger partial charge < -0.3 is 4.74 Å². The number of aryl methyl sites for hydroxylation is 1. The Morgan fingerprint density at radius 1 is 0.744 bits per heavy atom. The molecule has 39 heavy (non-hydrogen) atoms. The van der Waals surface area contributed by atoms with Crippen molar-refractivity contribution in [2.45, 2.75) is 110 Å². The van der Waals surface area contributed by atoms with Crippen molar-refractivity contribution >= 4 is 5.97 Å². The minimum atomic E-state index is -0.135. The Morgan fingerprint density at radius 2 is 1.33 bits per heavy atom. The van der Waals surface area contributed by atoms with Gasteiger partial charge >= 0.3 is 5.97 Å². The van der Waals surface area contributed by atoms with E-state index < -0.39 is 0 Å². The Kier molecular flexibility index (Phi) is 12.0. The Morgan fingerprint density at radius 3 is 2.00 bits per heavy atom. The summed E-state index contributed by atoms with van der Waals surface area (Å²) in [6.07, 6.45) is 23.6. The van der Waals surface area contributed by atoms with Crippen molar-refractivity contribution < 1.29 is 9.53 Å². The Labute approximate surface area is 235 Å². The number of unbranched alkanes of at least 4 members (excludes halogenated alkanes) is 7. The summed E-state index contributed by atoms with van der Waals surface area (Å²) in [5.41, 5.74) is 4.40. The molecule has 208 valence electrons. The van der Waals surface area contributed by atoms with E-state index in [0.717, 1.165) is 47.7 Å². The summed E-state index contributed by atoms with van der Waals surface area (Å²) in [6.45, 7) is 2.22. The summed E-state index contributed by atoms with van der Waals surface area (Å²) >= 11 is 0. The van der Waals surface area contributed by atoms with E-state index in [9.17, 15) is 4.79 Å². The molecule has 0 bridgehead atoms. The van der Waals surface area contributed by atoms with Gasteiger partial charge in [0, 0.05) is 24.4 Å². The van der Waals surface area contributed by atoms with Crippen LogP contribution >= 0.6 is 0 Å². The molecule has 1 aromatic heterocycles. The van der Waals surface area contributed by atoms with E-state index in [2.05, 4.69) is 41.2 Å². The van der Waals surface area contributed by atoms with Crippen LogP contribution in [-0.2, 0) is 11.2 Å². The second-order valence-corrected chi connectivity index (χ2v) is 11.3. The summed E-state index contributed by atoms with van der Waals surface area (Å²) in [4.78, 5) is 21.4. The molecule has 4 nitrogen and oxygen atoms in total. The summed E-state index contributed by atoms with van der Waals surface area (Å²) in [5, 5.41) is 0. The van der Waals surface area contributed by atoms with Gasteiger partial charge in [0.15, 0.2) is 5.82 Å². The lowest BCUT2D eigenvalue weighted by Gasteiger charge is -2.08. The number of esters is 1. The van der Waals surface area contributed by atoms with Crippen molar-refractivity contribution in [1.82, 2.24) is 9.97 Å². The average molecular weight is 527 g/mol. The van der Waals surface area contributed by atoms with Gasteiger partial charge in [-0.2, -0.15) is 0 Å². The number of nitrogens with zero attached hydrogens (tertiary/aromatic N) is 2. The first-order valence-corrected chi connectivity index (χ1v) is 15.4. The van der Waals surface area contributed by atoms with E-state index in [-0.39, 0.29) is 5.97 Å². The third kappa shape index (κ3) is 9.91. The number of hydrogen-bond acceptors (Lipinski definition) is 4. The molecule has 1 saturated carbocycles. The summed E-state index contributed by atoms with van der Waals surface area (Å²) < 4.78 is 5.57. The van der Waals surface area contributed by atoms with E-state index in [0.29, 0.717) is 12.2 Å². The fraction of sp³-hybridized carbons (Fsp3) is 0.514. The number of aromatic nitrogens is 2. The molecule has 2 aromatic carbocycles. The highest BCUT2D eigenvalue weighted by Gasteiger charge is 2.14. The SMILES string of the molecule is CCCCCc1cnc(-c2ccc(-c3ccc(OC(=O)CCCCCCCCC4CCCC4)cc3)cc2)nc1. The predicted molar refractivity (Wildman–Crippen MR) is 161 cm³/mol. The lowest BCUT2D eigenvalue weighted by Crippen LogP contribution is -2.07. The van der Waals surface area contributed by atoms with Crippen LogP contribution < -0.4 is 4.74 Å². The van der Waals surface area contributed by atoms with E-state index in [1.165, 1.54) is 82.6 Å². The van der Waals surface area contributed by atoms with Crippen LogP contribution in [-0.4, -0.2) is 15.9 Å². The Hall–Kier alpha value is -3.01. The molecule has 0 saturated heterocycles. The molecule has 1 aliphatic rings. The Balaban J connectivity index is 1.14. The quantitative estimate of drug-likeness (QED) is 0.106. The molecule has 4 rings (SSSR count). The molecule has 1 heterocycles. The summed E-state index contributed by atoms with van der Waals surface area (Å²) in [6, 6.07) is 16.1. The molecule has 0 amide bonds. The van der Waals surface area contributed by atoms with Gasteiger partial charge in [-0.3, -0.25) is 4.79 Å². The first kappa shape index (κ1) is 29.0. The third-order valence-electron chi connectivity index (χ3n) is 8.05. The van der Waals surface area contributed by atoms with Crippen molar-refractivity contribution in [3.8, 4) is 28.3 Å². The standard InChI is InChI=1S/C35H46N2O2/c1-2-3-8-16-29-26-36-35(37-27-29)32-20-18-30(19-21-32)31-22-24-33(25-23-31)39-34(38)17-10-7-5-4-6-9-13-28-14-11-12-15-28/h18-28H,2-17H2,1H3. The second-order valence-electron chi connectivity index (χ2n) is 11.3. The number of benzene rings is 2. The molecule has 1 fully saturated rings. The fourth-order valence-corrected chi connectivity index (χ4v) is 5.63. The molecule has 0 spiro atoms. The minimum Gasteiger partial charge on any atom is -0.427 e. The van der Waals surface area contributed by atoms with E-state index in [4.69, 9.17) is 4.74 Å². The second kappa shape index (κ2) is 16.2. The molecule has 0 unspecified atom stereocenters. The summed E-state index contributed by atoms with van der Waals surface area (Å²) in [5.74, 6) is 2.24. The van der Waals surface area contributed by atoms with Crippen LogP contribution in [0.25, 0.3) is 22.5 Å². The molecular formula is C35H46N2O2. The van der Waals surface area contributed by atoms with Gasteiger partial charge in [-0.1, -0.05) is 120 Å². The highest BCUT2D eigenvalue weighted by atomic mass is 16.5. The van der Waals surface area contributed by atoms with Crippen LogP contribution in [0.1, 0.15) is 109 Å². The van der Waals surface area contributed by atoms with Crippen LogP contribution in [0.5, 0.6) is 5.75 Å². The number of carbonyl (C=O) groups is 1. The smallest absolute Gasteiger partial charge is 0.311 e. The van der Waals surface area contributed by atoms with Crippen molar-refractivity contribution in [3.05, 3.63) is 66.5 Å². The topological polar surface area (TPSA) is 52.1 Å². The van der Waals surface area contributed by atoms with Gasteiger partial charge in [0.25, 0.3) is 0 Å². The fourth-order valence-electron chi connectivity index (χ4n) is 5.63. The molecule has 0 aliphatic heterocycles. The number of carbonyl (C=O) groups excluding carboxylic acids is 1. The first-order valence-electron chi connectivity index (χ1n) is 15.4. The molecule has 3 aromatic rings. The van der Waals surface area contributed by atoms with Gasteiger partial charge in [-0.05, 0) is 54.0 Å². The zero-order valence-corrected chi connectivity index (χ0v) is 23.9. The molecule has 0 radical (unpaired) electrons. The minimum absolute atomic E-state index is 0.135. The van der Waals surface area contributed by atoms with Gasteiger partial charge in [-0.25, -0.2) is 9.97 Å². The normalized spacial score (nSPS) is 13.6. The molecule has 0 atom stereocenters. The number of hydrogen-bond donors (Lipinski definition) is 0. The van der Waals surface area contributed by atoms with Crippen LogP contribution in [0.3, 0.4) is 0 Å². The predicted octanol–water partition coefficient (Wildman–Crippen LogP) is 9.76. The van der Waals surface area contributed by atoms with Crippen LogP contribution in [0.4, 0.5) is 0 Å². The lowest BCUT2D eigenvalue weighted by atomic mass is 9.99. The van der Waals surface area contributed by atoms with Crippen molar-refractivity contribution in [2.75, 3.05) is 0 Å². The maximum atomic E-state index is 12.3. The molecule has 4 heteroatoms. The van der Waals surface area contributed by atoms with Crippen LogP contribution in [0, 0.1) is 5.92 Å². The van der Waals surface area contributed by atoms with Gasteiger partial charge in [0.05, 0.1) is 0 Å². The largest absolute Gasteiger partial charge is 0.427 e. The number of ether oxygens (including phenoxy) is 1. The molecule has 1 aliphatic carbocycles. The van der Waals surface area contributed by atoms with Crippen LogP contribution in [0.2, 0.25) is 0 Å². The zero-order valence-electron chi connectivity index (χ0n) is 23.9. The Bertz CT molecular complexity index is 1100. The lowest BCUT2D eigenvalue weighted by molar-refractivity contribution is -0.134. The summed E-state index contributed by atoms with van der Waals surface area (Å²) in [7, 11) is 0. The maximum absolute atomic E-state index is 12.3. The highest BCUT2D eigenvalue weighted by molar-refractivity contribution is 5.73. The average Bonchev–Trinajstić information content (AvgIpc) is 3.49. The van der Waals surface area contributed by atoms with E-state index >= 15 is 0 Å². The molecular weight excluding hydrogens is 480 g/mol. The van der Waals surface area contributed by atoms with E-state index in [1.807, 2.05) is 36.7 Å². The molecule has 0 N–H and O–H groups in total. The maximum Gasteiger partial charge on any atom is 0.311 e.